The lowest BCUT2D eigenvalue weighted by Crippen LogP contribution is -2.50. The van der Waals surface area contributed by atoms with E-state index in [0.717, 1.165) is 22.2 Å². The lowest BCUT2D eigenvalue weighted by Gasteiger charge is -2.34. The number of pyridine rings is 2. The van der Waals surface area contributed by atoms with E-state index in [2.05, 4.69) is 10.3 Å². The first-order chi connectivity index (χ1) is 17.1. The van der Waals surface area contributed by atoms with Crippen LogP contribution in [0.1, 0.15) is 10.4 Å². The normalized spacial score (nSPS) is 14.1. The molecule has 3 heterocycles. The summed E-state index contributed by atoms with van der Waals surface area (Å²) in [5.41, 5.74) is 3.56. The van der Waals surface area contributed by atoms with Crippen LogP contribution in [0, 0.1) is 5.82 Å². The van der Waals surface area contributed by atoms with Crippen LogP contribution in [0.3, 0.4) is 0 Å². The van der Waals surface area contributed by atoms with E-state index < -0.39 is 0 Å². The van der Waals surface area contributed by atoms with E-state index in [9.17, 15) is 14.0 Å². The molecule has 1 fully saturated rings. The fraction of sp³-hybridized carbons (Fsp3) is 0.185. The number of piperazine rings is 1. The molecular weight excluding hydrogens is 445 g/mol. The second-order valence-electron chi connectivity index (χ2n) is 8.43. The van der Waals surface area contributed by atoms with Crippen molar-refractivity contribution >= 4 is 28.4 Å². The lowest BCUT2D eigenvalue weighted by atomic mass is 10.0. The number of halogens is 1. The van der Waals surface area contributed by atoms with E-state index in [4.69, 9.17) is 4.98 Å². The summed E-state index contributed by atoms with van der Waals surface area (Å²) in [5, 5.41) is 3.60. The van der Waals surface area contributed by atoms with Crippen molar-refractivity contribution < 1.29 is 14.0 Å². The quantitative estimate of drug-likeness (QED) is 0.481. The number of hydrogen-bond donors (Lipinski definition) is 1. The summed E-state index contributed by atoms with van der Waals surface area (Å²) in [5.74, 6) is -0.563. The zero-order valence-electron chi connectivity index (χ0n) is 19.0. The first-order valence-electron chi connectivity index (χ1n) is 11.4. The van der Waals surface area contributed by atoms with E-state index in [0.29, 0.717) is 37.4 Å². The van der Waals surface area contributed by atoms with Crippen molar-refractivity contribution in [3.63, 3.8) is 0 Å². The lowest BCUT2D eigenvalue weighted by molar-refractivity contribution is -0.117. The molecule has 2 aromatic carbocycles. The third-order valence-corrected chi connectivity index (χ3v) is 6.08. The largest absolute Gasteiger partial charge is 0.336 e. The highest BCUT2D eigenvalue weighted by molar-refractivity contribution is 6.07. The van der Waals surface area contributed by atoms with Crippen molar-refractivity contribution in [1.29, 1.82) is 0 Å². The van der Waals surface area contributed by atoms with E-state index in [1.165, 1.54) is 24.3 Å². The first-order valence-corrected chi connectivity index (χ1v) is 11.4. The highest BCUT2D eigenvalue weighted by Gasteiger charge is 2.25. The second-order valence-corrected chi connectivity index (χ2v) is 8.43. The summed E-state index contributed by atoms with van der Waals surface area (Å²) in [4.78, 5) is 38.6. The van der Waals surface area contributed by atoms with Crippen LogP contribution in [0.5, 0.6) is 0 Å². The Morgan fingerprint density at radius 3 is 2.37 bits per heavy atom. The summed E-state index contributed by atoms with van der Waals surface area (Å²) >= 11 is 0. The van der Waals surface area contributed by atoms with Gasteiger partial charge in [-0.2, -0.15) is 0 Å². The fourth-order valence-electron chi connectivity index (χ4n) is 4.24. The van der Waals surface area contributed by atoms with Gasteiger partial charge in [0, 0.05) is 55.2 Å². The van der Waals surface area contributed by atoms with Gasteiger partial charge in [-0.15, -0.1) is 0 Å². The monoisotopic (exact) mass is 469 g/mol. The minimum atomic E-state index is -0.348. The molecular formula is C27H24FN5O2. The Morgan fingerprint density at radius 2 is 1.63 bits per heavy atom. The van der Waals surface area contributed by atoms with E-state index in [-0.39, 0.29) is 24.2 Å². The number of aromatic nitrogens is 2. The second kappa shape index (κ2) is 9.99. The third-order valence-electron chi connectivity index (χ3n) is 6.08. The molecule has 35 heavy (non-hydrogen) atoms. The molecule has 1 aliphatic heterocycles. The molecule has 1 N–H and O–H groups in total. The summed E-state index contributed by atoms with van der Waals surface area (Å²) in [6, 6.07) is 18.9. The van der Waals surface area contributed by atoms with E-state index in [1.807, 2.05) is 52.3 Å². The predicted octanol–water partition coefficient (Wildman–Crippen LogP) is 3.83. The van der Waals surface area contributed by atoms with Crippen LogP contribution < -0.4 is 5.32 Å². The molecule has 0 bridgehead atoms. The number of hydrogen-bond acceptors (Lipinski definition) is 5. The van der Waals surface area contributed by atoms with Crippen molar-refractivity contribution in [2.24, 2.45) is 0 Å². The molecule has 5 rings (SSSR count). The molecule has 2 aromatic heterocycles. The highest BCUT2D eigenvalue weighted by atomic mass is 19.1. The van der Waals surface area contributed by atoms with Gasteiger partial charge in [-0.25, -0.2) is 9.37 Å². The number of rotatable bonds is 5. The van der Waals surface area contributed by atoms with Gasteiger partial charge in [0.2, 0.25) is 5.91 Å². The summed E-state index contributed by atoms with van der Waals surface area (Å²) in [6.45, 7) is 2.42. The predicted molar refractivity (Wildman–Crippen MR) is 132 cm³/mol. The summed E-state index contributed by atoms with van der Waals surface area (Å²) < 4.78 is 13.1. The Hall–Kier alpha value is -4.17. The number of carbonyl (C=O) groups excluding carboxylic acids is 2. The van der Waals surface area contributed by atoms with Crippen LogP contribution in [0.4, 0.5) is 10.1 Å². The maximum Gasteiger partial charge on any atom is 0.254 e. The third kappa shape index (κ3) is 5.17. The smallest absolute Gasteiger partial charge is 0.254 e. The van der Waals surface area contributed by atoms with Gasteiger partial charge in [0.05, 0.1) is 23.3 Å². The molecule has 0 radical (unpaired) electrons. The van der Waals surface area contributed by atoms with E-state index in [1.54, 1.807) is 12.4 Å². The standard InChI is InChI=1S/C27H24FN5O2/c28-20-5-7-21(8-6-20)30-26(34)18-32-13-15-33(16-14-32)27(35)23-17-25(19-9-11-29-12-10-19)31-24-4-2-1-3-22(23)24/h1-12,17H,13-16,18H2,(H,30,34). The van der Waals surface area contributed by atoms with Crippen LogP contribution in [0.2, 0.25) is 0 Å². The molecule has 0 aliphatic carbocycles. The molecule has 2 amide bonds. The number of carbonyl (C=O) groups is 2. The fourth-order valence-corrected chi connectivity index (χ4v) is 4.24. The number of fused-ring (bicyclic) bond motifs is 1. The van der Waals surface area contributed by atoms with Gasteiger partial charge in [0.25, 0.3) is 5.91 Å². The molecule has 1 aliphatic rings. The highest BCUT2D eigenvalue weighted by Crippen LogP contribution is 2.26. The molecule has 1 saturated heterocycles. The van der Waals surface area contributed by atoms with Crippen LogP contribution in [-0.4, -0.2) is 64.3 Å². The Morgan fingerprint density at radius 1 is 0.914 bits per heavy atom. The van der Waals surface area contributed by atoms with Crippen LogP contribution >= 0.6 is 0 Å². The van der Waals surface area contributed by atoms with Crippen LogP contribution in [-0.2, 0) is 4.79 Å². The van der Waals surface area contributed by atoms with Gasteiger partial charge in [0.1, 0.15) is 5.82 Å². The maximum atomic E-state index is 13.6. The number of anilines is 1. The topological polar surface area (TPSA) is 78.4 Å². The zero-order valence-corrected chi connectivity index (χ0v) is 19.0. The summed E-state index contributed by atoms with van der Waals surface area (Å²) in [6.07, 6.45) is 3.41. The molecule has 8 heteroatoms. The molecule has 0 saturated carbocycles. The Kier molecular flexibility index (Phi) is 6.45. The maximum absolute atomic E-state index is 13.6. The molecule has 4 aromatic rings. The van der Waals surface area contributed by atoms with Gasteiger partial charge < -0.3 is 10.2 Å². The molecule has 7 nitrogen and oxygen atoms in total. The van der Waals surface area contributed by atoms with Gasteiger partial charge >= 0.3 is 0 Å². The Balaban J connectivity index is 1.27. The zero-order chi connectivity index (χ0) is 24.2. The first kappa shape index (κ1) is 22.6. The van der Waals surface area contributed by atoms with Gasteiger partial charge in [0.15, 0.2) is 0 Å². The number of benzene rings is 2. The average Bonchev–Trinajstić information content (AvgIpc) is 2.90. The SMILES string of the molecule is O=C(CN1CCN(C(=O)c2cc(-c3ccncc3)nc3ccccc23)CC1)Nc1ccc(F)cc1. The van der Waals surface area contributed by atoms with E-state index >= 15 is 0 Å². The minimum Gasteiger partial charge on any atom is -0.336 e. The number of nitrogens with zero attached hydrogens (tertiary/aromatic N) is 4. The molecule has 176 valence electrons. The van der Waals surface area contributed by atoms with Crippen molar-refractivity contribution in [3.8, 4) is 11.3 Å². The molecule has 0 spiro atoms. The van der Waals surface area contributed by atoms with Crippen molar-refractivity contribution in [2.75, 3.05) is 38.0 Å². The van der Waals surface area contributed by atoms with Crippen molar-refractivity contribution in [1.82, 2.24) is 19.8 Å². The summed E-state index contributed by atoms with van der Waals surface area (Å²) in [7, 11) is 0. The van der Waals surface area contributed by atoms with Gasteiger partial charge in [-0.3, -0.25) is 19.5 Å². The van der Waals surface area contributed by atoms with Crippen LogP contribution in [0.25, 0.3) is 22.2 Å². The number of nitrogens with one attached hydrogen (secondary N) is 1. The van der Waals surface area contributed by atoms with Gasteiger partial charge in [-0.05, 0) is 48.5 Å². The molecule has 0 unspecified atom stereocenters. The minimum absolute atomic E-state index is 0.0469. The Labute approximate surface area is 202 Å². The Bertz CT molecular complexity index is 1350. The van der Waals surface area contributed by atoms with Crippen LogP contribution in [0.15, 0.2) is 79.1 Å². The number of para-hydroxylation sites is 1. The van der Waals surface area contributed by atoms with Crippen molar-refractivity contribution in [2.45, 2.75) is 0 Å². The molecule has 0 atom stereocenters. The van der Waals surface area contributed by atoms with Crippen molar-refractivity contribution in [3.05, 3.63) is 90.5 Å². The number of amides is 2. The average molecular weight is 470 g/mol. The van der Waals surface area contributed by atoms with Gasteiger partial charge in [-0.1, -0.05) is 18.2 Å².